The largest absolute Gasteiger partial charge is 0.350 e. The van der Waals surface area contributed by atoms with Gasteiger partial charge in [-0.05, 0) is 55.2 Å². The van der Waals surface area contributed by atoms with Crippen LogP contribution in [-0.4, -0.2) is 9.13 Å². The Morgan fingerprint density at radius 2 is 1.92 bits per heavy atom. The molecule has 0 aliphatic rings. The van der Waals surface area contributed by atoms with E-state index in [0.717, 1.165) is 25.0 Å². The quantitative estimate of drug-likeness (QED) is 0.479. The molecule has 1 atom stereocenters. The fraction of sp³-hybridized carbons (Fsp3) is 0.455. The van der Waals surface area contributed by atoms with Crippen molar-refractivity contribution in [3.63, 3.8) is 0 Å². The van der Waals surface area contributed by atoms with E-state index in [1.807, 2.05) is 6.07 Å². The summed E-state index contributed by atoms with van der Waals surface area (Å²) in [6.07, 6.45) is 9.19. The second-order valence-corrected chi connectivity index (χ2v) is 7.30. The van der Waals surface area contributed by atoms with E-state index in [-0.39, 0.29) is 5.82 Å². The molecule has 3 rings (SSSR count). The number of aromatic nitrogens is 2. The maximum Gasteiger partial charge on any atom is 0.125 e. The molecular formula is C22H29FN2. The van der Waals surface area contributed by atoms with Crippen LogP contribution < -0.4 is 0 Å². The summed E-state index contributed by atoms with van der Waals surface area (Å²) in [5.41, 5.74) is 3.63. The van der Waals surface area contributed by atoms with Gasteiger partial charge in [-0.1, -0.05) is 33.1 Å². The van der Waals surface area contributed by atoms with Gasteiger partial charge in [-0.25, -0.2) is 4.39 Å². The Morgan fingerprint density at radius 3 is 2.64 bits per heavy atom. The highest BCUT2D eigenvalue weighted by Crippen LogP contribution is 2.26. The molecule has 0 saturated heterocycles. The van der Waals surface area contributed by atoms with Gasteiger partial charge in [-0.2, -0.15) is 0 Å². The summed E-state index contributed by atoms with van der Waals surface area (Å²) >= 11 is 0. The Kier molecular flexibility index (Phi) is 5.62. The molecule has 0 saturated carbocycles. The summed E-state index contributed by atoms with van der Waals surface area (Å²) in [5, 5.41) is 1.20. The Balaban J connectivity index is 1.84. The van der Waals surface area contributed by atoms with Crippen molar-refractivity contribution < 1.29 is 4.39 Å². The van der Waals surface area contributed by atoms with E-state index in [4.69, 9.17) is 0 Å². The third kappa shape index (κ3) is 4.15. The zero-order chi connectivity index (χ0) is 17.8. The summed E-state index contributed by atoms with van der Waals surface area (Å²) < 4.78 is 18.3. The molecule has 0 radical (unpaired) electrons. The first kappa shape index (κ1) is 17.8. The van der Waals surface area contributed by atoms with Gasteiger partial charge in [0.2, 0.25) is 0 Å². The standard InChI is InChI=1S/C22H29FN2/c1-4-5-7-17(2)14-19-16-25(13-12-24-11-6-8-18(24)3)22-15-20(23)9-10-21(19)22/h6,8-11,15-17H,4-5,7,12-14H2,1-3H3/t17-/m0/s1. The molecule has 0 N–H and O–H groups in total. The first-order chi connectivity index (χ1) is 12.1. The van der Waals surface area contributed by atoms with E-state index >= 15 is 0 Å². The topological polar surface area (TPSA) is 9.86 Å². The van der Waals surface area contributed by atoms with Crippen molar-refractivity contribution in [3.8, 4) is 0 Å². The molecule has 0 spiro atoms. The Bertz CT molecular complexity index is 828. The van der Waals surface area contributed by atoms with Crippen molar-refractivity contribution in [1.29, 1.82) is 0 Å². The van der Waals surface area contributed by atoms with Gasteiger partial charge in [-0.15, -0.1) is 0 Å². The van der Waals surface area contributed by atoms with Gasteiger partial charge in [-0.3, -0.25) is 0 Å². The number of benzene rings is 1. The smallest absolute Gasteiger partial charge is 0.125 e. The SMILES string of the molecule is CCCC[C@H](C)Cc1cn(CCn2cccc2C)c2cc(F)ccc12. The van der Waals surface area contributed by atoms with Crippen LogP contribution in [0.3, 0.4) is 0 Å². The van der Waals surface area contributed by atoms with Gasteiger partial charge in [0, 0.05) is 36.6 Å². The highest BCUT2D eigenvalue weighted by atomic mass is 19.1. The van der Waals surface area contributed by atoms with Crippen molar-refractivity contribution in [2.75, 3.05) is 0 Å². The van der Waals surface area contributed by atoms with Gasteiger partial charge in [0.15, 0.2) is 0 Å². The number of rotatable bonds is 8. The fourth-order valence-corrected chi connectivity index (χ4v) is 3.68. The van der Waals surface area contributed by atoms with E-state index in [1.54, 1.807) is 12.1 Å². The average molecular weight is 340 g/mol. The number of halogens is 1. The summed E-state index contributed by atoms with van der Waals surface area (Å²) in [7, 11) is 0. The summed E-state index contributed by atoms with van der Waals surface area (Å²) in [6, 6.07) is 9.41. The lowest BCUT2D eigenvalue weighted by molar-refractivity contribution is 0.503. The van der Waals surface area contributed by atoms with Crippen LogP contribution in [0.25, 0.3) is 10.9 Å². The molecule has 0 bridgehead atoms. The van der Waals surface area contributed by atoms with Crippen molar-refractivity contribution >= 4 is 10.9 Å². The van der Waals surface area contributed by atoms with Crippen molar-refractivity contribution in [2.24, 2.45) is 5.92 Å². The molecular weight excluding hydrogens is 311 g/mol. The summed E-state index contributed by atoms with van der Waals surface area (Å²) in [6.45, 7) is 8.45. The molecule has 0 aliphatic carbocycles. The third-order valence-corrected chi connectivity index (χ3v) is 5.18. The molecule has 1 aromatic carbocycles. The van der Waals surface area contributed by atoms with Crippen LogP contribution in [-0.2, 0) is 19.5 Å². The fourth-order valence-electron chi connectivity index (χ4n) is 3.68. The minimum atomic E-state index is -0.158. The molecule has 0 amide bonds. The van der Waals surface area contributed by atoms with Crippen LogP contribution in [0.1, 0.15) is 44.4 Å². The van der Waals surface area contributed by atoms with E-state index in [1.165, 1.54) is 35.9 Å². The van der Waals surface area contributed by atoms with E-state index < -0.39 is 0 Å². The molecule has 3 aromatic rings. The monoisotopic (exact) mass is 340 g/mol. The maximum absolute atomic E-state index is 13.8. The minimum absolute atomic E-state index is 0.158. The lowest BCUT2D eigenvalue weighted by Crippen LogP contribution is -2.07. The Morgan fingerprint density at radius 1 is 1.12 bits per heavy atom. The normalized spacial score (nSPS) is 12.8. The number of unbranched alkanes of at least 4 members (excludes halogenated alkanes) is 1. The number of hydrogen-bond acceptors (Lipinski definition) is 0. The minimum Gasteiger partial charge on any atom is -0.350 e. The van der Waals surface area contributed by atoms with E-state index in [9.17, 15) is 4.39 Å². The second-order valence-electron chi connectivity index (χ2n) is 7.30. The Labute approximate surface area is 150 Å². The third-order valence-electron chi connectivity index (χ3n) is 5.18. The second kappa shape index (κ2) is 7.90. The van der Waals surface area contributed by atoms with Crippen molar-refractivity contribution in [1.82, 2.24) is 9.13 Å². The molecule has 2 nitrogen and oxygen atoms in total. The number of aryl methyl sites for hydroxylation is 3. The maximum atomic E-state index is 13.8. The number of fused-ring (bicyclic) bond motifs is 1. The number of nitrogens with zero attached hydrogens (tertiary/aromatic N) is 2. The van der Waals surface area contributed by atoms with Crippen molar-refractivity contribution in [3.05, 3.63) is 59.8 Å². The first-order valence-electron chi connectivity index (χ1n) is 9.47. The Hall–Kier alpha value is -2.03. The zero-order valence-corrected chi connectivity index (χ0v) is 15.6. The van der Waals surface area contributed by atoms with Crippen molar-refractivity contribution in [2.45, 2.75) is 59.5 Å². The van der Waals surface area contributed by atoms with Gasteiger partial charge >= 0.3 is 0 Å². The van der Waals surface area contributed by atoms with Crippen LogP contribution in [0.15, 0.2) is 42.7 Å². The van der Waals surface area contributed by atoms with Crippen LogP contribution >= 0.6 is 0 Å². The van der Waals surface area contributed by atoms with Crippen LogP contribution in [0.2, 0.25) is 0 Å². The van der Waals surface area contributed by atoms with Crippen LogP contribution in [0.4, 0.5) is 4.39 Å². The number of hydrogen-bond donors (Lipinski definition) is 0. The first-order valence-corrected chi connectivity index (χ1v) is 9.47. The molecule has 0 fully saturated rings. The molecule has 25 heavy (non-hydrogen) atoms. The lowest BCUT2D eigenvalue weighted by Gasteiger charge is -2.10. The predicted molar refractivity (Wildman–Crippen MR) is 103 cm³/mol. The molecule has 0 aliphatic heterocycles. The average Bonchev–Trinajstić information content (AvgIpc) is 3.14. The van der Waals surface area contributed by atoms with E-state index in [2.05, 4.69) is 54.4 Å². The van der Waals surface area contributed by atoms with E-state index in [0.29, 0.717) is 5.92 Å². The molecule has 134 valence electrons. The van der Waals surface area contributed by atoms with Crippen LogP contribution in [0, 0.1) is 18.7 Å². The lowest BCUT2D eigenvalue weighted by atomic mass is 9.96. The molecule has 2 aromatic heterocycles. The predicted octanol–water partition coefficient (Wildman–Crippen LogP) is 5.96. The highest BCUT2D eigenvalue weighted by molar-refractivity contribution is 5.84. The molecule has 2 heterocycles. The zero-order valence-electron chi connectivity index (χ0n) is 15.6. The summed E-state index contributed by atoms with van der Waals surface area (Å²) in [4.78, 5) is 0. The van der Waals surface area contributed by atoms with Gasteiger partial charge in [0.05, 0.1) is 5.52 Å². The molecule has 0 unspecified atom stereocenters. The van der Waals surface area contributed by atoms with Crippen LogP contribution in [0.5, 0.6) is 0 Å². The van der Waals surface area contributed by atoms with Gasteiger partial charge in [0.25, 0.3) is 0 Å². The highest BCUT2D eigenvalue weighted by Gasteiger charge is 2.12. The van der Waals surface area contributed by atoms with Gasteiger partial charge < -0.3 is 9.13 Å². The summed E-state index contributed by atoms with van der Waals surface area (Å²) in [5.74, 6) is 0.505. The van der Waals surface area contributed by atoms with Gasteiger partial charge in [0.1, 0.15) is 5.82 Å². The molecule has 3 heteroatoms.